The number of benzene rings is 1. The Kier molecular flexibility index (Phi) is 6.53. The van der Waals surface area contributed by atoms with Crippen molar-refractivity contribution in [2.75, 3.05) is 6.54 Å². The first-order valence-corrected chi connectivity index (χ1v) is 14.1. The molecule has 8 nitrogen and oxygen atoms in total. The zero-order chi connectivity index (χ0) is 26.3. The van der Waals surface area contributed by atoms with Crippen LogP contribution in [-0.2, 0) is 28.3 Å². The number of amides is 1. The number of hydrogen-bond acceptors (Lipinski definition) is 6. The molecule has 0 bridgehead atoms. The normalized spacial score (nSPS) is 21.6. The zero-order valence-electron chi connectivity index (χ0n) is 21.3. The summed E-state index contributed by atoms with van der Waals surface area (Å²) in [6.45, 7) is 6.47. The van der Waals surface area contributed by atoms with Crippen LogP contribution >= 0.6 is 0 Å². The van der Waals surface area contributed by atoms with Gasteiger partial charge in [0.2, 0.25) is 15.9 Å². The lowest BCUT2D eigenvalue weighted by Gasteiger charge is -2.38. The van der Waals surface area contributed by atoms with E-state index in [1.54, 1.807) is 24.5 Å². The van der Waals surface area contributed by atoms with Gasteiger partial charge in [0.05, 0.1) is 10.5 Å². The molecule has 2 aliphatic rings. The van der Waals surface area contributed by atoms with Crippen LogP contribution in [-0.4, -0.2) is 42.5 Å². The number of aromatic nitrogens is 2. The number of pyridine rings is 2. The summed E-state index contributed by atoms with van der Waals surface area (Å²) in [5.41, 5.74) is 2.39. The molecule has 2 unspecified atom stereocenters. The quantitative estimate of drug-likeness (QED) is 0.470. The maximum atomic E-state index is 13.2. The lowest BCUT2D eigenvalue weighted by Crippen LogP contribution is -2.42. The van der Waals surface area contributed by atoms with Crippen molar-refractivity contribution >= 4 is 15.9 Å². The van der Waals surface area contributed by atoms with Gasteiger partial charge in [-0.15, -0.1) is 0 Å². The fraction of sp³-hybridized carbons (Fsp3) is 0.393. The lowest BCUT2D eigenvalue weighted by atomic mass is 9.81. The second-order valence-corrected chi connectivity index (χ2v) is 12.2. The Morgan fingerprint density at radius 2 is 1.84 bits per heavy atom. The van der Waals surface area contributed by atoms with Gasteiger partial charge in [-0.2, -0.15) is 0 Å². The van der Waals surface area contributed by atoms with E-state index in [9.17, 15) is 13.2 Å². The summed E-state index contributed by atoms with van der Waals surface area (Å²) in [5.74, 6) is 0.233. The topological polar surface area (TPSA) is 110 Å². The summed E-state index contributed by atoms with van der Waals surface area (Å²) in [6, 6.07) is 12.3. The molecule has 1 fully saturated rings. The highest BCUT2D eigenvalue weighted by molar-refractivity contribution is 7.89. The van der Waals surface area contributed by atoms with Crippen molar-refractivity contribution in [1.29, 1.82) is 0 Å². The van der Waals surface area contributed by atoms with Crippen LogP contribution in [0.1, 0.15) is 60.7 Å². The standard InChI is InChI=1S/C28H32N4O4S/c1-4-19-5-7-22(8-6-19)37(34,35)32-24-16-28(24)18-27(2,3)36-26-23(28)15-21(17-31-26)25(33)30-14-11-20-9-12-29-13-10-20/h5-10,12-13,15,17,24,32H,4,11,14,16,18H2,1-3H3,(H,30,33). The number of sulfonamides is 1. The molecular formula is C28H32N4O4S. The molecule has 2 N–H and O–H groups in total. The zero-order valence-corrected chi connectivity index (χ0v) is 22.1. The summed E-state index contributed by atoms with van der Waals surface area (Å²) in [5, 5.41) is 2.95. The van der Waals surface area contributed by atoms with E-state index in [4.69, 9.17) is 4.74 Å². The SMILES string of the molecule is CCc1ccc(S(=O)(=O)NC2CC23CC(C)(C)Oc2ncc(C(=O)NCCc4ccncc4)cc23)cc1. The minimum atomic E-state index is -3.70. The van der Waals surface area contributed by atoms with E-state index in [0.717, 1.165) is 23.1 Å². The molecule has 1 amide bonds. The second kappa shape index (κ2) is 9.54. The van der Waals surface area contributed by atoms with Gasteiger partial charge in [0.25, 0.3) is 5.91 Å². The van der Waals surface area contributed by atoms with E-state index in [2.05, 4.69) is 20.0 Å². The van der Waals surface area contributed by atoms with Crippen LogP contribution < -0.4 is 14.8 Å². The predicted octanol–water partition coefficient (Wildman–Crippen LogP) is 3.56. The van der Waals surface area contributed by atoms with Gasteiger partial charge in [-0.05, 0) is 81.0 Å². The van der Waals surface area contributed by atoms with Gasteiger partial charge in [0.15, 0.2) is 0 Å². The molecule has 194 valence electrons. The first-order chi connectivity index (χ1) is 17.6. The smallest absolute Gasteiger partial charge is 0.252 e. The Labute approximate surface area is 217 Å². The maximum Gasteiger partial charge on any atom is 0.252 e. The highest BCUT2D eigenvalue weighted by Crippen LogP contribution is 2.59. The third-order valence-corrected chi connectivity index (χ3v) is 8.71. The van der Waals surface area contributed by atoms with E-state index in [1.807, 2.05) is 51.1 Å². The molecule has 1 aromatic carbocycles. The fourth-order valence-corrected chi connectivity index (χ4v) is 6.57. The molecule has 1 aliphatic heterocycles. The first kappa shape index (κ1) is 25.4. The van der Waals surface area contributed by atoms with Crippen molar-refractivity contribution < 1.29 is 17.9 Å². The average molecular weight is 521 g/mol. The van der Waals surface area contributed by atoms with Gasteiger partial charge in [0.1, 0.15) is 5.60 Å². The second-order valence-electron chi connectivity index (χ2n) is 10.5. The number of hydrogen-bond donors (Lipinski definition) is 2. The van der Waals surface area contributed by atoms with E-state index in [-0.39, 0.29) is 16.8 Å². The van der Waals surface area contributed by atoms with Gasteiger partial charge in [0, 0.05) is 42.2 Å². The van der Waals surface area contributed by atoms with Gasteiger partial charge < -0.3 is 10.1 Å². The molecule has 9 heteroatoms. The third-order valence-electron chi connectivity index (χ3n) is 7.23. The molecule has 0 saturated heterocycles. The van der Waals surface area contributed by atoms with Crippen LogP contribution in [0.25, 0.3) is 0 Å². The molecule has 3 heterocycles. The van der Waals surface area contributed by atoms with Crippen LogP contribution in [0.2, 0.25) is 0 Å². The molecule has 2 atom stereocenters. The Hall–Kier alpha value is -3.30. The first-order valence-electron chi connectivity index (χ1n) is 12.6. The molecule has 2 aromatic heterocycles. The predicted molar refractivity (Wildman–Crippen MR) is 140 cm³/mol. The van der Waals surface area contributed by atoms with E-state index in [1.165, 1.54) is 6.20 Å². The monoisotopic (exact) mass is 520 g/mol. The Morgan fingerprint density at radius 1 is 1.11 bits per heavy atom. The molecule has 1 spiro atoms. The van der Waals surface area contributed by atoms with E-state index in [0.29, 0.717) is 37.3 Å². The van der Waals surface area contributed by atoms with Crippen LogP contribution in [0, 0.1) is 0 Å². The molecule has 5 rings (SSSR count). The van der Waals surface area contributed by atoms with Crippen molar-refractivity contribution in [3.05, 3.63) is 83.3 Å². The summed E-state index contributed by atoms with van der Waals surface area (Å²) in [4.78, 5) is 21.6. The Bertz CT molecular complexity index is 1410. The average Bonchev–Trinajstić information content (AvgIpc) is 3.53. The molecule has 1 aliphatic carbocycles. The number of aryl methyl sites for hydroxylation is 1. The Morgan fingerprint density at radius 3 is 2.54 bits per heavy atom. The maximum absolute atomic E-state index is 13.2. The molecule has 3 aromatic rings. The summed E-state index contributed by atoms with van der Waals surface area (Å²) in [7, 11) is -3.70. The minimum Gasteiger partial charge on any atom is -0.471 e. The van der Waals surface area contributed by atoms with Crippen molar-refractivity contribution in [3.63, 3.8) is 0 Å². The number of rotatable bonds is 8. The summed E-state index contributed by atoms with van der Waals surface area (Å²) < 4.78 is 35.4. The van der Waals surface area contributed by atoms with E-state index >= 15 is 0 Å². The highest BCUT2D eigenvalue weighted by atomic mass is 32.2. The number of carbonyl (C=O) groups is 1. The summed E-state index contributed by atoms with van der Waals surface area (Å²) >= 11 is 0. The van der Waals surface area contributed by atoms with Gasteiger partial charge >= 0.3 is 0 Å². The fourth-order valence-electron chi connectivity index (χ4n) is 5.25. The Balaban J connectivity index is 1.35. The number of fused-ring (bicyclic) bond motifs is 2. The van der Waals surface area contributed by atoms with E-state index < -0.39 is 21.0 Å². The minimum absolute atomic E-state index is 0.224. The number of nitrogens with zero attached hydrogens (tertiary/aromatic N) is 2. The van der Waals surface area contributed by atoms with Gasteiger partial charge in [-0.1, -0.05) is 19.1 Å². The third kappa shape index (κ3) is 5.24. The molecule has 0 radical (unpaired) electrons. The van der Waals surface area contributed by atoms with Crippen molar-refractivity contribution in [2.24, 2.45) is 0 Å². The van der Waals surface area contributed by atoms with Crippen molar-refractivity contribution in [1.82, 2.24) is 20.0 Å². The van der Waals surface area contributed by atoms with Crippen LogP contribution in [0.15, 0.2) is 66.0 Å². The number of carbonyl (C=O) groups excluding carboxylic acids is 1. The largest absolute Gasteiger partial charge is 0.471 e. The molecule has 1 saturated carbocycles. The van der Waals surface area contributed by atoms with Crippen LogP contribution in [0.4, 0.5) is 0 Å². The highest BCUT2D eigenvalue weighted by Gasteiger charge is 2.62. The molecular weight excluding hydrogens is 488 g/mol. The van der Waals surface area contributed by atoms with Crippen LogP contribution in [0.5, 0.6) is 5.88 Å². The molecule has 37 heavy (non-hydrogen) atoms. The van der Waals surface area contributed by atoms with Crippen molar-refractivity contribution in [3.8, 4) is 5.88 Å². The van der Waals surface area contributed by atoms with Crippen LogP contribution in [0.3, 0.4) is 0 Å². The summed E-state index contributed by atoms with van der Waals surface area (Å²) in [6.07, 6.45) is 7.75. The van der Waals surface area contributed by atoms with Gasteiger partial charge in [-0.25, -0.2) is 18.1 Å². The lowest BCUT2D eigenvalue weighted by molar-refractivity contribution is 0.0594. The van der Waals surface area contributed by atoms with Crippen molar-refractivity contribution in [2.45, 2.75) is 68.4 Å². The number of nitrogens with one attached hydrogen (secondary N) is 2. The number of ether oxygens (including phenoxy) is 1. The van der Waals surface area contributed by atoms with Gasteiger partial charge in [-0.3, -0.25) is 9.78 Å².